The summed E-state index contributed by atoms with van der Waals surface area (Å²) in [4.78, 5) is 15.0. The van der Waals surface area contributed by atoms with Crippen LogP contribution in [0.4, 0.5) is 9.18 Å². The summed E-state index contributed by atoms with van der Waals surface area (Å²) >= 11 is 0. The summed E-state index contributed by atoms with van der Waals surface area (Å²) in [5.41, 5.74) is 0.404. The van der Waals surface area contributed by atoms with E-state index in [4.69, 9.17) is 0 Å². The van der Waals surface area contributed by atoms with Gasteiger partial charge in [0, 0.05) is 19.2 Å². The number of benzene rings is 1. The minimum Gasteiger partial charge on any atom is -0.396 e. The summed E-state index contributed by atoms with van der Waals surface area (Å²) in [5, 5.41) is 12.5. The maximum Gasteiger partial charge on any atom is 0.318 e. The molecule has 4 nitrogen and oxygen atoms in total. The topological polar surface area (TPSA) is 52.6 Å². The second-order valence-electron chi connectivity index (χ2n) is 7.93. The standard InChI is InChI=1S/C21H31FN2O2/c1-16(17-6-3-2-4-7-17)24-14-13-21(12-5-15-25,23-20(24)26)18-8-10-19(22)11-9-18/h8-11,16-17,25H,2-7,12-15H2,1H3,(H,23,26). The van der Waals surface area contributed by atoms with E-state index in [1.807, 2.05) is 4.90 Å². The van der Waals surface area contributed by atoms with Gasteiger partial charge in [-0.15, -0.1) is 0 Å². The maximum absolute atomic E-state index is 13.3. The Balaban J connectivity index is 1.75. The summed E-state index contributed by atoms with van der Waals surface area (Å²) in [6.07, 6.45) is 8.30. The molecule has 1 aromatic carbocycles. The van der Waals surface area contributed by atoms with Gasteiger partial charge in [0.05, 0.1) is 5.54 Å². The van der Waals surface area contributed by atoms with E-state index in [2.05, 4.69) is 12.2 Å². The fourth-order valence-corrected chi connectivity index (χ4v) is 4.71. The number of urea groups is 1. The van der Waals surface area contributed by atoms with Crippen LogP contribution in [0, 0.1) is 11.7 Å². The molecule has 2 amide bonds. The normalized spacial score (nSPS) is 25.8. The van der Waals surface area contributed by atoms with E-state index in [9.17, 15) is 14.3 Å². The SMILES string of the molecule is CC(C1CCCCC1)N1CCC(CCCO)(c2ccc(F)cc2)NC1=O. The van der Waals surface area contributed by atoms with Gasteiger partial charge >= 0.3 is 6.03 Å². The predicted molar refractivity (Wildman–Crippen MR) is 100 cm³/mol. The van der Waals surface area contributed by atoms with Crippen LogP contribution in [0.15, 0.2) is 24.3 Å². The van der Waals surface area contributed by atoms with E-state index in [-0.39, 0.29) is 24.5 Å². The highest BCUT2D eigenvalue weighted by atomic mass is 19.1. The van der Waals surface area contributed by atoms with Gasteiger partial charge in [0.25, 0.3) is 0 Å². The van der Waals surface area contributed by atoms with E-state index >= 15 is 0 Å². The Morgan fingerprint density at radius 3 is 2.58 bits per heavy atom. The lowest BCUT2D eigenvalue weighted by molar-refractivity contribution is 0.0905. The highest BCUT2D eigenvalue weighted by Crippen LogP contribution is 2.36. The van der Waals surface area contributed by atoms with Crippen molar-refractivity contribution in [1.29, 1.82) is 0 Å². The largest absolute Gasteiger partial charge is 0.396 e. The molecule has 0 spiro atoms. The Bertz CT molecular complexity index is 601. The first kappa shape index (κ1) is 19.2. The number of hydrogen-bond donors (Lipinski definition) is 2. The first-order valence-electron chi connectivity index (χ1n) is 10.0. The van der Waals surface area contributed by atoms with Crippen molar-refractivity contribution in [2.45, 2.75) is 69.9 Å². The lowest BCUT2D eigenvalue weighted by Gasteiger charge is -2.47. The van der Waals surface area contributed by atoms with Gasteiger partial charge in [-0.3, -0.25) is 0 Å². The lowest BCUT2D eigenvalue weighted by atomic mass is 9.79. The number of hydrogen-bond acceptors (Lipinski definition) is 2. The minimum atomic E-state index is -0.518. The van der Waals surface area contributed by atoms with Gasteiger partial charge in [0.15, 0.2) is 0 Å². The molecule has 26 heavy (non-hydrogen) atoms. The number of carbonyl (C=O) groups excluding carboxylic acids is 1. The molecule has 2 unspecified atom stereocenters. The van der Waals surface area contributed by atoms with Crippen molar-refractivity contribution < 1.29 is 14.3 Å². The highest BCUT2D eigenvalue weighted by molar-refractivity contribution is 5.76. The van der Waals surface area contributed by atoms with Gasteiger partial charge in [-0.2, -0.15) is 0 Å². The summed E-state index contributed by atoms with van der Waals surface area (Å²) in [5.74, 6) is 0.311. The maximum atomic E-state index is 13.3. The van der Waals surface area contributed by atoms with Gasteiger partial charge in [0.2, 0.25) is 0 Å². The molecular formula is C21H31FN2O2. The van der Waals surface area contributed by atoms with Crippen molar-refractivity contribution in [3.05, 3.63) is 35.6 Å². The van der Waals surface area contributed by atoms with Crippen molar-refractivity contribution in [1.82, 2.24) is 10.2 Å². The quantitative estimate of drug-likeness (QED) is 0.798. The van der Waals surface area contributed by atoms with E-state index in [1.54, 1.807) is 12.1 Å². The predicted octanol–water partition coefficient (Wildman–Crippen LogP) is 4.18. The molecule has 1 aromatic rings. The molecule has 2 aliphatic rings. The molecule has 0 aromatic heterocycles. The van der Waals surface area contributed by atoms with Crippen molar-refractivity contribution in [2.75, 3.05) is 13.2 Å². The van der Waals surface area contributed by atoms with Crippen LogP contribution in [0.2, 0.25) is 0 Å². The van der Waals surface area contributed by atoms with Gasteiger partial charge in [-0.1, -0.05) is 31.4 Å². The summed E-state index contributed by atoms with van der Waals surface area (Å²) in [6.45, 7) is 2.96. The number of aliphatic hydroxyl groups is 1. The van der Waals surface area contributed by atoms with Crippen LogP contribution in [0.5, 0.6) is 0 Å². The Kier molecular flexibility index (Phi) is 6.17. The highest BCUT2D eigenvalue weighted by Gasteiger charge is 2.41. The summed E-state index contributed by atoms with van der Waals surface area (Å²) < 4.78 is 13.3. The average Bonchev–Trinajstić information content (AvgIpc) is 2.67. The number of rotatable bonds is 6. The molecule has 1 aliphatic carbocycles. The fraction of sp³-hybridized carbons (Fsp3) is 0.667. The lowest BCUT2D eigenvalue weighted by Crippen LogP contribution is -2.61. The summed E-state index contributed by atoms with van der Waals surface area (Å²) in [7, 11) is 0. The Labute approximate surface area is 155 Å². The van der Waals surface area contributed by atoms with E-state index in [1.165, 1.54) is 44.2 Å². The van der Waals surface area contributed by atoms with Gasteiger partial charge < -0.3 is 15.3 Å². The third-order valence-electron chi connectivity index (χ3n) is 6.37. The van der Waals surface area contributed by atoms with Crippen LogP contribution in [0.1, 0.15) is 63.9 Å². The first-order valence-corrected chi connectivity index (χ1v) is 10.0. The zero-order chi connectivity index (χ0) is 18.6. The molecule has 2 fully saturated rings. The molecule has 0 radical (unpaired) electrons. The van der Waals surface area contributed by atoms with Crippen LogP contribution in [0.3, 0.4) is 0 Å². The summed E-state index contributed by atoms with van der Waals surface area (Å²) in [6, 6.07) is 6.62. The van der Waals surface area contributed by atoms with Crippen LogP contribution >= 0.6 is 0 Å². The zero-order valence-electron chi connectivity index (χ0n) is 15.7. The smallest absolute Gasteiger partial charge is 0.318 e. The number of aliphatic hydroxyl groups excluding tert-OH is 1. The Morgan fingerprint density at radius 2 is 1.96 bits per heavy atom. The Morgan fingerprint density at radius 1 is 1.27 bits per heavy atom. The van der Waals surface area contributed by atoms with Crippen LogP contribution < -0.4 is 5.32 Å². The van der Waals surface area contributed by atoms with E-state index in [0.29, 0.717) is 25.3 Å². The van der Waals surface area contributed by atoms with Gasteiger partial charge in [0.1, 0.15) is 5.82 Å². The molecule has 1 saturated heterocycles. The van der Waals surface area contributed by atoms with Gasteiger partial charge in [-0.25, -0.2) is 9.18 Å². The van der Waals surface area contributed by atoms with Crippen molar-refractivity contribution in [2.24, 2.45) is 5.92 Å². The van der Waals surface area contributed by atoms with Crippen molar-refractivity contribution in [3.8, 4) is 0 Å². The molecule has 2 atom stereocenters. The molecule has 1 heterocycles. The van der Waals surface area contributed by atoms with Crippen molar-refractivity contribution in [3.63, 3.8) is 0 Å². The monoisotopic (exact) mass is 362 g/mol. The number of nitrogens with zero attached hydrogens (tertiary/aromatic N) is 1. The first-order chi connectivity index (χ1) is 12.6. The minimum absolute atomic E-state index is 0.0309. The number of nitrogens with one attached hydrogen (secondary N) is 1. The Hall–Kier alpha value is -1.62. The molecule has 2 N–H and O–H groups in total. The van der Waals surface area contributed by atoms with E-state index < -0.39 is 5.54 Å². The number of halogens is 1. The second kappa shape index (κ2) is 8.38. The van der Waals surface area contributed by atoms with Crippen LogP contribution in [-0.2, 0) is 5.54 Å². The molecule has 5 heteroatoms. The number of amides is 2. The second-order valence-corrected chi connectivity index (χ2v) is 7.93. The average molecular weight is 362 g/mol. The third kappa shape index (κ3) is 4.03. The van der Waals surface area contributed by atoms with Crippen LogP contribution in [0.25, 0.3) is 0 Å². The molecular weight excluding hydrogens is 331 g/mol. The third-order valence-corrected chi connectivity index (χ3v) is 6.37. The molecule has 1 aliphatic heterocycles. The molecule has 0 bridgehead atoms. The number of carbonyl (C=O) groups is 1. The fourth-order valence-electron chi connectivity index (χ4n) is 4.71. The van der Waals surface area contributed by atoms with Crippen molar-refractivity contribution >= 4 is 6.03 Å². The zero-order valence-corrected chi connectivity index (χ0v) is 15.7. The molecule has 144 valence electrons. The molecule has 3 rings (SSSR count). The van der Waals surface area contributed by atoms with E-state index in [0.717, 1.165) is 12.0 Å². The van der Waals surface area contributed by atoms with Gasteiger partial charge in [-0.05, 0) is 62.6 Å². The molecule has 1 saturated carbocycles. The van der Waals surface area contributed by atoms with Crippen LogP contribution in [-0.4, -0.2) is 35.2 Å².